The Bertz CT molecular complexity index is 506. The van der Waals surface area contributed by atoms with Crippen molar-refractivity contribution in [2.45, 2.75) is 51.9 Å². The molecule has 0 N–H and O–H groups in total. The molecule has 0 bridgehead atoms. The van der Waals surface area contributed by atoms with Crippen LogP contribution in [0.3, 0.4) is 0 Å². The summed E-state index contributed by atoms with van der Waals surface area (Å²) in [6.45, 7) is 10.8. The largest absolute Gasteiger partial charge is 0.448 e. The van der Waals surface area contributed by atoms with E-state index in [1.807, 2.05) is 0 Å². The molecule has 0 amide bonds. The van der Waals surface area contributed by atoms with Gasteiger partial charge in [0.1, 0.15) is 6.26 Å². The van der Waals surface area contributed by atoms with Crippen molar-refractivity contribution >= 4 is 11.3 Å². The molecular weight excluding hydrogens is 244 g/mol. The smallest absolute Gasteiger partial charge is 0.199 e. The van der Waals surface area contributed by atoms with Crippen LogP contribution in [-0.4, -0.2) is 9.97 Å². The van der Waals surface area contributed by atoms with Crippen LogP contribution in [-0.2, 0) is 17.3 Å². The van der Waals surface area contributed by atoms with Gasteiger partial charge in [-0.15, -0.1) is 11.3 Å². The minimum atomic E-state index is -0.118. The Morgan fingerprint density at radius 2 is 1.94 bits per heavy atom. The van der Waals surface area contributed by atoms with Gasteiger partial charge in [0.15, 0.2) is 5.89 Å². The van der Waals surface area contributed by atoms with Crippen LogP contribution in [0.4, 0.5) is 0 Å². The second kappa shape index (κ2) is 4.50. The predicted octanol–water partition coefficient (Wildman–Crippen LogP) is 3.95. The molecule has 0 saturated carbocycles. The fourth-order valence-corrected chi connectivity index (χ4v) is 2.73. The SMILES string of the molecule is CC(C)(C)c1nc(CC(C)(C)c2ncco2)cs1. The summed E-state index contributed by atoms with van der Waals surface area (Å²) in [7, 11) is 0. The van der Waals surface area contributed by atoms with Gasteiger partial charge < -0.3 is 4.42 Å². The van der Waals surface area contributed by atoms with Gasteiger partial charge in [0.25, 0.3) is 0 Å². The number of hydrogen-bond donors (Lipinski definition) is 0. The molecule has 0 spiro atoms. The monoisotopic (exact) mass is 264 g/mol. The maximum Gasteiger partial charge on any atom is 0.199 e. The Balaban J connectivity index is 2.17. The van der Waals surface area contributed by atoms with E-state index < -0.39 is 0 Å². The van der Waals surface area contributed by atoms with Crippen LogP contribution in [0.5, 0.6) is 0 Å². The van der Waals surface area contributed by atoms with Gasteiger partial charge in [-0.3, -0.25) is 0 Å². The lowest BCUT2D eigenvalue weighted by Gasteiger charge is -2.19. The number of rotatable bonds is 3. The Kier molecular flexibility index (Phi) is 3.32. The van der Waals surface area contributed by atoms with Gasteiger partial charge in [0.05, 0.1) is 16.9 Å². The molecule has 4 heteroatoms. The molecule has 0 aliphatic rings. The lowest BCUT2D eigenvalue weighted by Crippen LogP contribution is -2.21. The molecule has 0 saturated heterocycles. The van der Waals surface area contributed by atoms with E-state index in [9.17, 15) is 0 Å². The van der Waals surface area contributed by atoms with Crippen LogP contribution in [0, 0.1) is 0 Å². The van der Waals surface area contributed by atoms with Crippen molar-refractivity contribution in [3.05, 3.63) is 34.4 Å². The molecule has 0 radical (unpaired) electrons. The summed E-state index contributed by atoms with van der Waals surface area (Å²) in [6, 6.07) is 0. The van der Waals surface area contributed by atoms with E-state index in [-0.39, 0.29) is 10.8 Å². The molecule has 2 aromatic heterocycles. The van der Waals surface area contributed by atoms with Crippen molar-refractivity contribution in [2.75, 3.05) is 0 Å². The minimum absolute atomic E-state index is 0.118. The first-order chi connectivity index (χ1) is 8.29. The molecule has 0 aromatic carbocycles. The van der Waals surface area contributed by atoms with Crippen LogP contribution in [0.1, 0.15) is 51.2 Å². The molecule has 0 fully saturated rings. The van der Waals surface area contributed by atoms with Crippen LogP contribution in [0.25, 0.3) is 0 Å². The average Bonchev–Trinajstić information content (AvgIpc) is 2.83. The van der Waals surface area contributed by atoms with Crippen molar-refractivity contribution in [1.82, 2.24) is 9.97 Å². The third-order valence-electron chi connectivity index (χ3n) is 2.83. The topological polar surface area (TPSA) is 38.9 Å². The maximum absolute atomic E-state index is 5.41. The molecule has 0 atom stereocenters. The molecular formula is C14H20N2OS. The maximum atomic E-state index is 5.41. The fraction of sp³-hybridized carbons (Fsp3) is 0.571. The summed E-state index contributed by atoms with van der Waals surface area (Å²) in [6.07, 6.45) is 4.16. The zero-order valence-corrected chi connectivity index (χ0v) is 12.5. The van der Waals surface area contributed by atoms with Gasteiger partial charge in [-0.2, -0.15) is 0 Å². The summed E-state index contributed by atoms with van der Waals surface area (Å²) in [4.78, 5) is 8.97. The molecule has 2 aromatic rings. The lowest BCUT2D eigenvalue weighted by molar-refractivity contribution is 0.364. The Hall–Kier alpha value is -1.16. The zero-order chi connectivity index (χ0) is 13.4. The van der Waals surface area contributed by atoms with E-state index in [2.05, 4.69) is 45.0 Å². The third kappa shape index (κ3) is 2.80. The molecule has 2 heterocycles. The highest BCUT2D eigenvalue weighted by Crippen LogP contribution is 2.30. The summed E-state index contributed by atoms with van der Waals surface area (Å²) in [5.41, 5.74) is 1.12. The molecule has 18 heavy (non-hydrogen) atoms. The molecule has 98 valence electrons. The number of oxazole rings is 1. The highest BCUT2D eigenvalue weighted by atomic mass is 32.1. The van der Waals surface area contributed by atoms with Gasteiger partial charge in [-0.05, 0) is 0 Å². The first kappa shape index (κ1) is 13.3. The van der Waals surface area contributed by atoms with Gasteiger partial charge in [0, 0.05) is 22.6 Å². The van der Waals surface area contributed by atoms with E-state index in [1.165, 1.54) is 5.01 Å². The molecule has 0 aliphatic heterocycles. The molecule has 0 aliphatic carbocycles. The molecule has 0 unspecified atom stereocenters. The van der Waals surface area contributed by atoms with Crippen molar-refractivity contribution in [2.24, 2.45) is 0 Å². The second-order valence-corrected chi connectivity index (χ2v) is 7.15. The lowest BCUT2D eigenvalue weighted by atomic mass is 9.88. The Morgan fingerprint density at radius 1 is 1.22 bits per heavy atom. The predicted molar refractivity (Wildman–Crippen MR) is 74.0 cm³/mol. The van der Waals surface area contributed by atoms with Gasteiger partial charge in [-0.25, -0.2) is 9.97 Å². The third-order valence-corrected chi connectivity index (χ3v) is 4.14. The van der Waals surface area contributed by atoms with E-state index in [4.69, 9.17) is 9.40 Å². The highest BCUT2D eigenvalue weighted by Gasteiger charge is 2.28. The summed E-state index contributed by atoms with van der Waals surface area (Å²) in [5.74, 6) is 0.771. The standard InChI is InChI=1S/C14H20N2OS/c1-13(2,3)12-16-10(9-18-12)8-14(4,5)11-15-6-7-17-11/h6-7,9H,8H2,1-5H3. The molecule has 3 nitrogen and oxygen atoms in total. The van der Waals surface area contributed by atoms with Crippen molar-refractivity contribution < 1.29 is 4.42 Å². The van der Waals surface area contributed by atoms with Crippen LogP contribution in [0.15, 0.2) is 22.3 Å². The van der Waals surface area contributed by atoms with E-state index in [1.54, 1.807) is 23.8 Å². The number of nitrogens with zero attached hydrogens (tertiary/aromatic N) is 2. The molecule has 2 rings (SSSR count). The van der Waals surface area contributed by atoms with Gasteiger partial charge in [-0.1, -0.05) is 34.6 Å². The Morgan fingerprint density at radius 3 is 2.44 bits per heavy atom. The average molecular weight is 264 g/mol. The fourth-order valence-electron chi connectivity index (χ4n) is 1.82. The van der Waals surface area contributed by atoms with E-state index >= 15 is 0 Å². The van der Waals surface area contributed by atoms with Crippen LogP contribution >= 0.6 is 11.3 Å². The quantitative estimate of drug-likeness (QED) is 0.842. The first-order valence-corrected chi connectivity index (χ1v) is 7.02. The normalized spacial score (nSPS) is 12.9. The van der Waals surface area contributed by atoms with Crippen molar-refractivity contribution in [3.8, 4) is 0 Å². The van der Waals surface area contributed by atoms with E-state index in [0.29, 0.717) is 0 Å². The van der Waals surface area contributed by atoms with Crippen LogP contribution in [0.2, 0.25) is 0 Å². The Labute approximate surface area is 112 Å². The minimum Gasteiger partial charge on any atom is -0.448 e. The summed E-state index contributed by atoms with van der Waals surface area (Å²) in [5, 5.41) is 3.33. The van der Waals surface area contributed by atoms with Gasteiger partial charge >= 0.3 is 0 Å². The second-order valence-electron chi connectivity index (χ2n) is 6.29. The zero-order valence-electron chi connectivity index (χ0n) is 11.7. The van der Waals surface area contributed by atoms with E-state index in [0.717, 1.165) is 18.0 Å². The van der Waals surface area contributed by atoms with Crippen LogP contribution < -0.4 is 0 Å². The number of thiazole rings is 1. The summed E-state index contributed by atoms with van der Waals surface area (Å²) >= 11 is 1.73. The highest BCUT2D eigenvalue weighted by molar-refractivity contribution is 7.09. The van der Waals surface area contributed by atoms with Crippen molar-refractivity contribution in [1.29, 1.82) is 0 Å². The summed E-state index contributed by atoms with van der Waals surface area (Å²) < 4.78 is 5.41. The number of aromatic nitrogens is 2. The van der Waals surface area contributed by atoms with Crippen molar-refractivity contribution in [3.63, 3.8) is 0 Å². The first-order valence-electron chi connectivity index (χ1n) is 6.14. The number of hydrogen-bond acceptors (Lipinski definition) is 4. The van der Waals surface area contributed by atoms with Gasteiger partial charge in [0.2, 0.25) is 0 Å².